The first-order valence-electron chi connectivity index (χ1n) is 8.22. The van der Waals surface area contributed by atoms with E-state index >= 15 is 0 Å². The molecule has 22 heavy (non-hydrogen) atoms. The van der Waals surface area contributed by atoms with Crippen molar-refractivity contribution in [2.24, 2.45) is 5.92 Å². The molecule has 4 nitrogen and oxygen atoms in total. The van der Waals surface area contributed by atoms with Gasteiger partial charge in [-0.1, -0.05) is 26.0 Å². The third-order valence-electron chi connectivity index (χ3n) is 4.54. The van der Waals surface area contributed by atoms with Gasteiger partial charge in [-0.3, -0.25) is 4.90 Å². The molecule has 1 aliphatic rings. The van der Waals surface area contributed by atoms with Crippen molar-refractivity contribution >= 4 is 0 Å². The van der Waals surface area contributed by atoms with E-state index in [1.807, 2.05) is 24.3 Å². The van der Waals surface area contributed by atoms with Crippen LogP contribution in [-0.2, 0) is 6.54 Å². The molecule has 0 unspecified atom stereocenters. The Bertz CT molecular complexity index is 481. The third kappa shape index (κ3) is 4.81. The summed E-state index contributed by atoms with van der Waals surface area (Å²) < 4.78 is 0. The number of benzene rings is 1. The van der Waals surface area contributed by atoms with E-state index in [1.165, 1.54) is 18.7 Å². The molecule has 1 fully saturated rings. The molecule has 0 aromatic heterocycles. The van der Waals surface area contributed by atoms with E-state index in [0.717, 1.165) is 31.7 Å². The number of piperazine rings is 1. The first-order chi connectivity index (χ1) is 10.6. The van der Waals surface area contributed by atoms with Crippen molar-refractivity contribution in [2.75, 3.05) is 39.8 Å². The second kappa shape index (κ2) is 8.28. The molecule has 1 aliphatic heterocycles. The molecule has 4 heteroatoms. The van der Waals surface area contributed by atoms with Gasteiger partial charge < -0.3 is 10.2 Å². The highest BCUT2D eigenvalue weighted by Gasteiger charge is 2.24. The Morgan fingerprint density at radius 3 is 2.32 bits per heavy atom. The van der Waals surface area contributed by atoms with Crippen LogP contribution in [0.3, 0.4) is 0 Å². The molecule has 0 bridgehead atoms. The molecular formula is C18H28N4. The minimum absolute atomic E-state index is 0.590. The first-order valence-corrected chi connectivity index (χ1v) is 8.22. The van der Waals surface area contributed by atoms with E-state index in [9.17, 15) is 0 Å². The lowest BCUT2D eigenvalue weighted by Gasteiger charge is -2.40. The fraction of sp³-hybridized carbons (Fsp3) is 0.611. The van der Waals surface area contributed by atoms with E-state index in [0.29, 0.717) is 12.0 Å². The molecule has 1 aromatic carbocycles. The van der Waals surface area contributed by atoms with Gasteiger partial charge in [0.05, 0.1) is 11.6 Å². The highest BCUT2D eigenvalue weighted by Crippen LogP contribution is 2.13. The average molecular weight is 300 g/mol. The van der Waals surface area contributed by atoms with Crippen LogP contribution in [0.15, 0.2) is 24.3 Å². The highest BCUT2D eigenvalue weighted by atomic mass is 15.3. The summed E-state index contributed by atoms with van der Waals surface area (Å²) in [6.45, 7) is 11.2. The third-order valence-corrected chi connectivity index (χ3v) is 4.54. The summed E-state index contributed by atoms with van der Waals surface area (Å²) in [6.07, 6.45) is 0. The first kappa shape index (κ1) is 17.0. The molecule has 0 amide bonds. The smallest absolute Gasteiger partial charge is 0.0991 e. The molecule has 1 saturated heterocycles. The summed E-state index contributed by atoms with van der Waals surface area (Å²) in [5.41, 5.74) is 1.96. The van der Waals surface area contributed by atoms with Gasteiger partial charge in [0.2, 0.25) is 0 Å². The zero-order chi connectivity index (χ0) is 15.9. The van der Waals surface area contributed by atoms with Crippen molar-refractivity contribution in [1.29, 1.82) is 5.26 Å². The Labute approximate surface area is 134 Å². The van der Waals surface area contributed by atoms with Crippen LogP contribution in [0.5, 0.6) is 0 Å². The molecular weight excluding hydrogens is 272 g/mol. The van der Waals surface area contributed by atoms with Crippen molar-refractivity contribution in [2.45, 2.75) is 26.4 Å². The van der Waals surface area contributed by atoms with Crippen LogP contribution < -0.4 is 5.32 Å². The maximum atomic E-state index is 8.83. The Morgan fingerprint density at radius 2 is 1.77 bits per heavy atom. The Kier molecular flexibility index (Phi) is 6.38. The van der Waals surface area contributed by atoms with Crippen LogP contribution in [0.25, 0.3) is 0 Å². The lowest BCUT2D eigenvalue weighted by molar-refractivity contribution is 0.0875. The predicted molar refractivity (Wildman–Crippen MR) is 90.6 cm³/mol. The lowest BCUT2D eigenvalue weighted by Crippen LogP contribution is -2.53. The number of hydrogen-bond donors (Lipinski definition) is 1. The van der Waals surface area contributed by atoms with Crippen LogP contribution in [0.2, 0.25) is 0 Å². The van der Waals surface area contributed by atoms with Gasteiger partial charge in [-0.15, -0.1) is 0 Å². The Morgan fingerprint density at radius 1 is 1.14 bits per heavy atom. The summed E-state index contributed by atoms with van der Waals surface area (Å²) >= 11 is 0. The maximum absolute atomic E-state index is 8.83. The molecule has 0 radical (unpaired) electrons. The second-order valence-corrected chi connectivity index (χ2v) is 6.59. The van der Waals surface area contributed by atoms with Gasteiger partial charge in [-0.2, -0.15) is 5.26 Å². The van der Waals surface area contributed by atoms with Gasteiger partial charge in [-0.05, 0) is 30.7 Å². The number of likely N-dealkylation sites (N-methyl/N-ethyl adjacent to an activating group) is 1. The van der Waals surface area contributed by atoms with Gasteiger partial charge in [0.15, 0.2) is 0 Å². The molecule has 1 N–H and O–H groups in total. The highest BCUT2D eigenvalue weighted by molar-refractivity contribution is 5.31. The molecule has 0 saturated carbocycles. The van der Waals surface area contributed by atoms with E-state index in [4.69, 9.17) is 5.26 Å². The van der Waals surface area contributed by atoms with Crippen molar-refractivity contribution in [1.82, 2.24) is 15.1 Å². The Hall–Kier alpha value is -1.41. The molecule has 0 aliphatic carbocycles. The molecule has 0 spiro atoms. The molecule has 1 aromatic rings. The van der Waals surface area contributed by atoms with Crippen LogP contribution in [0, 0.1) is 17.2 Å². The van der Waals surface area contributed by atoms with Crippen LogP contribution in [0.4, 0.5) is 0 Å². The van der Waals surface area contributed by atoms with E-state index in [-0.39, 0.29) is 0 Å². The normalized spacial score (nSPS) is 18.3. The monoisotopic (exact) mass is 300 g/mol. The predicted octanol–water partition coefficient (Wildman–Crippen LogP) is 1.92. The number of nitriles is 1. The van der Waals surface area contributed by atoms with Crippen molar-refractivity contribution in [3.8, 4) is 6.07 Å². The lowest BCUT2D eigenvalue weighted by atomic mass is 10.0. The molecule has 120 valence electrons. The quantitative estimate of drug-likeness (QED) is 0.871. The van der Waals surface area contributed by atoms with E-state index in [1.54, 1.807) is 0 Å². The van der Waals surface area contributed by atoms with Crippen molar-refractivity contribution in [3.63, 3.8) is 0 Å². The second-order valence-electron chi connectivity index (χ2n) is 6.59. The topological polar surface area (TPSA) is 42.3 Å². The minimum Gasteiger partial charge on any atom is -0.311 e. The number of rotatable bonds is 6. The van der Waals surface area contributed by atoms with E-state index in [2.05, 4.69) is 42.1 Å². The zero-order valence-corrected chi connectivity index (χ0v) is 14.0. The minimum atomic E-state index is 0.590. The summed E-state index contributed by atoms with van der Waals surface area (Å²) in [4.78, 5) is 5.02. The summed E-state index contributed by atoms with van der Waals surface area (Å²) in [5.74, 6) is 0.650. The van der Waals surface area contributed by atoms with Gasteiger partial charge in [-0.25, -0.2) is 0 Å². The van der Waals surface area contributed by atoms with Crippen LogP contribution in [0.1, 0.15) is 25.0 Å². The zero-order valence-electron chi connectivity index (χ0n) is 14.0. The SMILES string of the molecule is CC(C)[C@@H](CNCc1ccc(C#N)cc1)N1CCN(C)CC1. The summed E-state index contributed by atoms with van der Waals surface area (Å²) in [7, 11) is 2.20. The van der Waals surface area contributed by atoms with Gasteiger partial charge in [0.1, 0.15) is 0 Å². The molecule has 1 atom stereocenters. The average Bonchev–Trinajstić information content (AvgIpc) is 2.53. The van der Waals surface area contributed by atoms with Gasteiger partial charge >= 0.3 is 0 Å². The summed E-state index contributed by atoms with van der Waals surface area (Å²) in [6, 6.07) is 10.6. The number of nitrogens with zero attached hydrogens (tertiary/aromatic N) is 3. The standard InChI is InChI=1S/C18H28N4/c1-15(2)18(22-10-8-21(3)9-11-22)14-20-13-17-6-4-16(12-19)5-7-17/h4-7,15,18,20H,8-11,13-14H2,1-3H3/t18-/m1/s1. The van der Waals surface area contributed by atoms with Crippen molar-refractivity contribution in [3.05, 3.63) is 35.4 Å². The maximum Gasteiger partial charge on any atom is 0.0991 e. The fourth-order valence-electron chi connectivity index (χ4n) is 3.00. The molecule has 2 rings (SSSR count). The van der Waals surface area contributed by atoms with Gasteiger partial charge in [0.25, 0.3) is 0 Å². The van der Waals surface area contributed by atoms with Crippen LogP contribution >= 0.6 is 0 Å². The van der Waals surface area contributed by atoms with Crippen molar-refractivity contribution < 1.29 is 0 Å². The summed E-state index contributed by atoms with van der Waals surface area (Å²) in [5, 5.41) is 12.4. The molecule has 1 heterocycles. The van der Waals surface area contributed by atoms with E-state index < -0.39 is 0 Å². The van der Waals surface area contributed by atoms with Crippen LogP contribution in [-0.4, -0.2) is 55.6 Å². The number of nitrogens with one attached hydrogen (secondary N) is 1. The number of hydrogen-bond acceptors (Lipinski definition) is 4. The largest absolute Gasteiger partial charge is 0.311 e. The van der Waals surface area contributed by atoms with Gasteiger partial charge in [0, 0.05) is 45.3 Å². The Balaban J connectivity index is 1.82. The fourth-order valence-corrected chi connectivity index (χ4v) is 3.00.